The number of carbonyl (C=O) groups is 3. The molecule has 2 aromatic rings. The summed E-state index contributed by atoms with van der Waals surface area (Å²) < 4.78 is 0. The van der Waals surface area contributed by atoms with Gasteiger partial charge in [-0.3, -0.25) is 14.4 Å². The third kappa shape index (κ3) is 4.30. The number of hydrogen-bond acceptors (Lipinski definition) is 5. The molecule has 1 aliphatic carbocycles. The van der Waals surface area contributed by atoms with Gasteiger partial charge < -0.3 is 10.2 Å². The summed E-state index contributed by atoms with van der Waals surface area (Å²) in [6.07, 6.45) is 0. The monoisotopic (exact) mass is 474 g/mol. The molecule has 2 aromatic carbocycles. The summed E-state index contributed by atoms with van der Waals surface area (Å²) in [6, 6.07) is 10.2. The number of benzene rings is 2. The van der Waals surface area contributed by atoms with E-state index < -0.39 is 23.4 Å². The topological polar surface area (TPSA) is 66.5 Å². The van der Waals surface area contributed by atoms with Gasteiger partial charge in [-0.1, -0.05) is 35.3 Å². The molecule has 1 unspecified atom stereocenters. The van der Waals surface area contributed by atoms with E-state index in [0.717, 1.165) is 29.8 Å². The van der Waals surface area contributed by atoms with Crippen molar-refractivity contribution < 1.29 is 14.4 Å². The van der Waals surface area contributed by atoms with Crippen molar-refractivity contribution in [2.24, 2.45) is 0 Å². The summed E-state index contributed by atoms with van der Waals surface area (Å²) in [5.74, 6) is -2.19. The Kier molecular flexibility index (Phi) is 7.36. The molecular weight excluding hydrogens is 458 g/mol. The maximum atomic E-state index is 11.5. The number of fused-ring (bicyclic) bond motifs is 1. The Balaban J connectivity index is 0.00000150. The standard InChI is InChI=1S/C20H16Cl2N2O3.2ClH/c1-24-8-14(13-6-11(21)7-16(22)15(13)9-24)10-2-4-12(5-3-10)23-17-18(25)20(27)19(17)26;;/h2-7,14,17,23H,8-9H2,1H3;2*1H. The van der Waals surface area contributed by atoms with Crippen LogP contribution in [-0.2, 0) is 20.9 Å². The van der Waals surface area contributed by atoms with Gasteiger partial charge in [0.2, 0.25) is 11.6 Å². The van der Waals surface area contributed by atoms with E-state index in [1.165, 1.54) is 0 Å². The van der Waals surface area contributed by atoms with Crippen molar-refractivity contribution in [3.63, 3.8) is 0 Å². The Morgan fingerprint density at radius 3 is 2.24 bits per heavy atom. The Bertz CT molecular complexity index is 960. The molecule has 1 saturated carbocycles. The van der Waals surface area contributed by atoms with Crippen LogP contribution in [0.2, 0.25) is 10.0 Å². The number of ketones is 3. The van der Waals surface area contributed by atoms with E-state index in [1.54, 1.807) is 18.2 Å². The fourth-order valence-corrected chi connectivity index (χ4v) is 4.23. The number of nitrogens with zero attached hydrogens (tertiary/aromatic N) is 1. The Hall–Kier alpha value is -1.63. The lowest BCUT2D eigenvalue weighted by molar-refractivity contribution is -0.152. The lowest BCUT2D eigenvalue weighted by Crippen LogP contribution is -2.57. The second-order valence-corrected chi connectivity index (χ2v) is 7.81. The summed E-state index contributed by atoms with van der Waals surface area (Å²) in [6.45, 7) is 1.59. The highest BCUT2D eigenvalue weighted by atomic mass is 35.5. The zero-order valence-electron chi connectivity index (χ0n) is 15.3. The first-order chi connectivity index (χ1) is 12.8. The van der Waals surface area contributed by atoms with Crippen molar-refractivity contribution in [3.05, 3.63) is 63.1 Å². The normalized spacial score (nSPS) is 19.0. The van der Waals surface area contributed by atoms with Crippen LogP contribution in [0.5, 0.6) is 0 Å². The number of rotatable bonds is 3. The average molecular weight is 476 g/mol. The van der Waals surface area contributed by atoms with Crippen molar-refractivity contribution in [2.45, 2.75) is 18.5 Å². The second-order valence-electron chi connectivity index (χ2n) is 6.96. The fourth-order valence-electron chi connectivity index (χ4n) is 3.66. The molecule has 0 amide bonds. The summed E-state index contributed by atoms with van der Waals surface area (Å²) in [4.78, 5) is 36.2. The summed E-state index contributed by atoms with van der Waals surface area (Å²) in [5, 5.41) is 4.09. The first kappa shape index (κ1) is 23.6. The van der Waals surface area contributed by atoms with Crippen molar-refractivity contribution in [2.75, 3.05) is 18.9 Å². The molecule has 4 rings (SSSR count). The molecule has 1 aliphatic heterocycles. The molecule has 2 aliphatic rings. The van der Waals surface area contributed by atoms with Crippen molar-refractivity contribution >= 4 is 71.1 Å². The maximum absolute atomic E-state index is 11.5. The number of carbonyl (C=O) groups excluding carboxylic acids is 3. The molecule has 0 aromatic heterocycles. The lowest BCUT2D eigenvalue weighted by Gasteiger charge is -2.33. The number of Topliss-reactive ketones (excluding diaryl/α,β-unsaturated/α-hetero) is 3. The minimum Gasteiger partial charge on any atom is -0.368 e. The largest absolute Gasteiger partial charge is 0.368 e. The quantitative estimate of drug-likeness (QED) is 0.538. The van der Waals surface area contributed by atoms with Crippen molar-refractivity contribution in [1.29, 1.82) is 0 Å². The molecule has 9 heteroatoms. The highest BCUT2D eigenvalue weighted by Gasteiger charge is 2.48. The van der Waals surface area contributed by atoms with Crippen LogP contribution in [0.3, 0.4) is 0 Å². The Morgan fingerprint density at radius 1 is 1.00 bits per heavy atom. The zero-order chi connectivity index (χ0) is 19.3. The van der Waals surface area contributed by atoms with E-state index in [0.29, 0.717) is 15.7 Å². The number of hydrogen-bond donors (Lipinski definition) is 1. The van der Waals surface area contributed by atoms with Crippen LogP contribution < -0.4 is 5.32 Å². The molecule has 0 bridgehead atoms. The van der Waals surface area contributed by atoms with E-state index in [1.807, 2.05) is 25.2 Å². The van der Waals surface area contributed by atoms with Gasteiger partial charge in [-0.15, -0.1) is 24.8 Å². The zero-order valence-corrected chi connectivity index (χ0v) is 18.4. The first-order valence-corrected chi connectivity index (χ1v) is 9.26. The predicted octanol–water partition coefficient (Wildman–Crippen LogP) is 3.92. The molecule has 0 radical (unpaired) electrons. The molecule has 154 valence electrons. The van der Waals surface area contributed by atoms with Crippen LogP contribution in [-0.4, -0.2) is 41.9 Å². The van der Waals surface area contributed by atoms with E-state index in [2.05, 4.69) is 10.2 Å². The van der Waals surface area contributed by atoms with Crippen LogP contribution >= 0.6 is 48.0 Å². The van der Waals surface area contributed by atoms with Crippen LogP contribution in [0.1, 0.15) is 22.6 Å². The van der Waals surface area contributed by atoms with Gasteiger partial charge in [0.05, 0.1) is 0 Å². The molecule has 1 atom stereocenters. The highest BCUT2D eigenvalue weighted by Crippen LogP contribution is 2.38. The van der Waals surface area contributed by atoms with E-state index in [4.69, 9.17) is 23.2 Å². The molecule has 0 spiro atoms. The number of halogens is 4. The third-order valence-corrected chi connectivity index (χ3v) is 5.64. The number of anilines is 1. The predicted molar refractivity (Wildman–Crippen MR) is 118 cm³/mol. The summed E-state index contributed by atoms with van der Waals surface area (Å²) >= 11 is 12.6. The average Bonchev–Trinajstić information content (AvgIpc) is 2.66. The Labute approximate surface area is 190 Å². The van der Waals surface area contributed by atoms with Crippen LogP contribution in [0.25, 0.3) is 0 Å². The summed E-state index contributed by atoms with van der Waals surface area (Å²) in [7, 11) is 2.04. The van der Waals surface area contributed by atoms with Gasteiger partial charge in [0.25, 0.3) is 5.78 Å². The van der Waals surface area contributed by atoms with Gasteiger partial charge >= 0.3 is 0 Å². The van der Waals surface area contributed by atoms with Crippen molar-refractivity contribution in [1.82, 2.24) is 4.90 Å². The van der Waals surface area contributed by atoms with Crippen LogP contribution in [0.15, 0.2) is 36.4 Å². The molecular formula is C20H18Cl4N2O3. The second kappa shape index (κ2) is 9.02. The van der Waals surface area contributed by atoms with Gasteiger partial charge in [0, 0.05) is 34.7 Å². The maximum Gasteiger partial charge on any atom is 0.269 e. The molecule has 1 heterocycles. The minimum absolute atomic E-state index is 0. The fraction of sp³-hybridized carbons (Fsp3) is 0.250. The van der Waals surface area contributed by atoms with Gasteiger partial charge in [-0.25, -0.2) is 0 Å². The van der Waals surface area contributed by atoms with Gasteiger partial charge in [-0.2, -0.15) is 0 Å². The smallest absolute Gasteiger partial charge is 0.269 e. The van der Waals surface area contributed by atoms with Gasteiger partial charge in [0.1, 0.15) is 0 Å². The summed E-state index contributed by atoms with van der Waals surface area (Å²) in [5.41, 5.74) is 3.88. The number of likely N-dealkylation sites (N-methyl/N-ethyl adjacent to an activating group) is 1. The van der Waals surface area contributed by atoms with E-state index in [9.17, 15) is 14.4 Å². The van der Waals surface area contributed by atoms with E-state index >= 15 is 0 Å². The van der Waals surface area contributed by atoms with Crippen LogP contribution in [0, 0.1) is 0 Å². The molecule has 1 N–H and O–H groups in total. The first-order valence-electron chi connectivity index (χ1n) is 8.50. The molecule has 29 heavy (non-hydrogen) atoms. The third-order valence-electron chi connectivity index (χ3n) is 5.09. The van der Waals surface area contributed by atoms with E-state index in [-0.39, 0.29) is 30.7 Å². The number of nitrogens with one attached hydrogen (secondary N) is 1. The van der Waals surface area contributed by atoms with Crippen molar-refractivity contribution in [3.8, 4) is 0 Å². The van der Waals surface area contributed by atoms with Crippen LogP contribution in [0.4, 0.5) is 5.69 Å². The molecule has 0 saturated heterocycles. The molecule has 5 nitrogen and oxygen atoms in total. The minimum atomic E-state index is -1.05. The molecule has 1 fully saturated rings. The van der Waals surface area contributed by atoms with Gasteiger partial charge in [0.15, 0.2) is 6.04 Å². The Morgan fingerprint density at radius 2 is 1.62 bits per heavy atom. The van der Waals surface area contributed by atoms with Gasteiger partial charge in [-0.05, 0) is 48.0 Å². The lowest BCUT2D eigenvalue weighted by atomic mass is 9.84. The SMILES string of the molecule is CN1Cc2c(Cl)cc(Cl)cc2C(c2ccc(NC3C(=O)C(=O)C3=O)cc2)C1.Cl.Cl. The highest BCUT2D eigenvalue weighted by molar-refractivity contribution is 6.79.